The molecule has 21 heavy (non-hydrogen) atoms. The van der Waals surface area contributed by atoms with Gasteiger partial charge in [0.25, 0.3) is 0 Å². The molecule has 0 amide bonds. The molecule has 0 saturated carbocycles. The molecule has 1 aromatic carbocycles. The molecule has 1 aromatic heterocycles. The molecule has 2 aromatic rings. The van der Waals surface area contributed by atoms with Crippen molar-refractivity contribution >= 4 is 32.2 Å². The highest BCUT2D eigenvalue weighted by molar-refractivity contribution is 7.92. The van der Waals surface area contributed by atoms with Crippen molar-refractivity contribution < 1.29 is 8.42 Å². The summed E-state index contributed by atoms with van der Waals surface area (Å²) in [6.07, 6.45) is 1.19. The smallest absolute Gasteiger partial charge is 0.231 e. The van der Waals surface area contributed by atoms with E-state index in [4.69, 9.17) is 0 Å². The van der Waals surface area contributed by atoms with Crippen molar-refractivity contribution in [3.63, 3.8) is 0 Å². The molecule has 5 nitrogen and oxygen atoms in total. The molecule has 0 aliphatic rings. The van der Waals surface area contributed by atoms with E-state index in [1.165, 1.54) is 17.6 Å². The van der Waals surface area contributed by atoms with Crippen LogP contribution in [0.5, 0.6) is 0 Å². The summed E-state index contributed by atoms with van der Waals surface area (Å²) in [5, 5.41) is 6.14. The number of thiazole rings is 1. The second-order valence-corrected chi connectivity index (χ2v) is 7.99. The molecule has 0 unspecified atom stereocenters. The van der Waals surface area contributed by atoms with Crippen LogP contribution in [0.15, 0.2) is 29.6 Å². The zero-order chi connectivity index (χ0) is 15.6. The van der Waals surface area contributed by atoms with E-state index >= 15 is 0 Å². The van der Waals surface area contributed by atoms with Crippen LogP contribution >= 0.6 is 11.3 Å². The third-order valence-electron chi connectivity index (χ3n) is 2.94. The van der Waals surface area contributed by atoms with Crippen molar-refractivity contribution in [2.45, 2.75) is 19.9 Å². The fourth-order valence-electron chi connectivity index (χ4n) is 1.75. The highest BCUT2D eigenvalue weighted by Crippen LogP contribution is 2.27. The summed E-state index contributed by atoms with van der Waals surface area (Å²) in [5.74, 6) is 0. The van der Waals surface area contributed by atoms with Gasteiger partial charge in [0.05, 0.1) is 17.6 Å². The highest BCUT2D eigenvalue weighted by atomic mass is 32.2. The largest absolute Gasteiger partial charge is 0.359 e. The minimum Gasteiger partial charge on any atom is -0.359 e. The first-order valence-electron chi connectivity index (χ1n) is 6.54. The van der Waals surface area contributed by atoms with Crippen molar-refractivity contribution in [2.24, 2.45) is 0 Å². The molecule has 1 N–H and O–H groups in total. The Balaban J connectivity index is 2.21. The molecule has 0 bridgehead atoms. The Morgan fingerprint density at radius 1 is 1.24 bits per heavy atom. The molecule has 2 rings (SSSR count). The molecule has 0 spiro atoms. The summed E-state index contributed by atoms with van der Waals surface area (Å²) in [5.41, 5.74) is 2.49. The average molecular weight is 325 g/mol. The number of sulfonamides is 1. The van der Waals surface area contributed by atoms with E-state index in [-0.39, 0.29) is 0 Å². The van der Waals surface area contributed by atoms with Crippen molar-refractivity contribution in [3.05, 3.63) is 29.6 Å². The Hall–Kier alpha value is -1.60. The van der Waals surface area contributed by atoms with E-state index in [0.717, 1.165) is 16.4 Å². The average Bonchev–Trinajstić information content (AvgIpc) is 2.84. The van der Waals surface area contributed by atoms with E-state index < -0.39 is 10.0 Å². The summed E-state index contributed by atoms with van der Waals surface area (Å²) in [6, 6.07) is 7.67. The van der Waals surface area contributed by atoms with Gasteiger partial charge < -0.3 is 5.32 Å². The minimum atomic E-state index is -3.23. The maximum atomic E-state index is 11.5. The number of aromatic nitrogens is 1. The Kier molecular flexibility index (Phi) is 4.53. The normalized spacial score (nSPS) is 11.7. The fourth-order valence-corrected chi connectivity index (χ4v) is 3.12. The van der Waals surface area contributed by atoms with Gasteiger partial charge in [0.2, 0.25) is 10.0 Å². The topological polar surface area (TPSA) is 62.3 Å². The van der Waals surface area contributed by atoms with Gasteiger partial charge in [0.1, 0.15) is 0 Å². The molecule has 0 fully saturated rings. The Morgan fingerprint density at radius 3 is 2.38 bits per heavy atom. The van der Waals surface area contributed by atoms with Gasteiger partial charge in [-0.15, -0.1) is 11.3 Å². The van der Waals surface area contributed by atoms with Crippen LogP contribution in [-0.2, 0) is 10.0 Å². The zero-order valence-electron chi connectivity index (χ0n) is 12.5. The maximum absolute atomic E-state index is 11.5. The number of nitrogens with zero attached hydrogens (tertiary/aromatic N) is 2. The number of benzene rings is 1. The third kappa shape index (κ3) is 3.95. The minimum absolute atomic E-state index is 0.342. The van der Waals surface area contributed by atoms with Crippen LogP contribution in [0.3, 0.4) is 0 Å². The zero-order valence-corrected chi connectivity index (χ0v) is 14.1. The van der Waals surface area contributed by atoms with Crippen molar-refractivity contribution in [2.75, 3.05) is 22.9 Å². The number of hydrogen-bond donors (Lipinski definition) is 1. The van der Waals surface area contributed by atoms with Crippen LogP contribution in [0.1, 0.15) is 13.8 Å². The Morgan fingerprint density at radius 2 is 1.86 bits per heavy atom. The lowest BCUT2D eigenvalue weighted by molar-refractivity contribution is 0.600. The molecule has 0 aliphatic heterocycles. The molecular weight excluding hydrogens is 306 g/mol. The fraction of sp³-hybridized carbons (Fsp3) is 0.357. The van der Waals surface area contributed by atoms with E-state index in [0.29, 0.717) is 11.7 Å². The molecule has 1 heterocycles. The SMILES string of the molecule is CC(C)Nc1nc(-c2ccc(N(C)S(C)(=O)=O)cc2)cs1. The predicted molar refractivity (Wildman–Crippen MR) is 89.6 cm³/mol. The summed E-state index contributed by atoms with van der Waals surface area (Å²) >= 11 is 1.56. The number of hydrogen-bond acceptors (Lipinski definition) is 5. The molecule has 0 saturated heterocycles. The van der Waals surface area contributed by atoms with Gasteiger partial charge in [0, 0.05) is 24.0 Å². The lowest BCUT2D eigenvalue weighted by Crippen LogP contribution is -2.24. The van der Waals surface area contributed by atoms with Gasteiger partial charge in [-0.25, -0.2) is 13.4 Å². The summed E-state index contributed by atoms with van der Waals surface area (Å²) in [4.78, 5) is 4.52. The van der Waals surface area contributed by atoms with Crippen molar-refractivity contribution in [1.82, 2.24) is 4.98 Å². The van der Waals surface area contributed by atoms with Crippen LogP contribution in [0, 0.1) is 0 Å². The molecule has 0 aliphatic carbocycles. The first-order chi connectivity index (χ1) is 9.77. The standard InChI is InChI=1S/C14H19N3O2S2/c1-10(2)15-14-16-13(9-20-14)11-5-7-12(8-6-11)17(3)21(4,18)19/h5-10H,1-4H3,(H,15,16). The van der Waals surface area contributed by atoms with Gasteiger partial charge >= 0.3 is 0 Å². The van der Waals surface area contributed by atoms with Crippen LogP contribution in [0.25, 0.3) is 11.3 Å². The van der Waals surface area contributed by atoms with Crippen molar-refractivity contribution in [1.29, 1.82) is 0 Å². The monoisotopic (exact) mass is 325 g/mol. The van der Waals surface area contributed by atoms with Gasteiger partial charge in [0.15, 0.2) is 5.13 Å². The lowest BCUT2D eigenvalue weighted by atomic mass is 10.1. The number of rotatable bonds is 5. The number of nitrogens with one attached hydrogen (secondary N) is 1. The van der Waals surface area contributed by atoms with E-state index in [9.17, 15) is 8.42 Å². The second kappa shape index (κ2) is 6.03. The van der Waals surface area contributed by atoms with Crippen LogP contribution in [0.4, 0.5) is 10.8 Å². The summed E-state index contributed by atoms with van der Waals surface area (Å²) in [7, 11) is -1.69. The number of anilines is 2. The van der Waals surface area contributed by atoms with E-state index in [1.807, 2.05) is 17.5 Å². The third-order valence-corrected chi connectivity index (χ3v) is 4.92. The van der Waals surface area contributed by atoms with E-state index in [1.54, 1.807) is 23.5 Å². The van der Waals surface area contributed by atoms with Crippen LogP contribution in [0.2, 0.25) is 0 Å². The second-order valence-electron chi connectivity index (χ2n) is 5.11. The van der Waals surface area contributed by atoms with Crippen LogP contribution in [-0.4, -0.2) is 32.7 Å². The molecular formula is C14H19N3O2S2. The van der Waals surface area contributed by atoms with Crippen molar-refractivity contribution in [3.8, 4) is 11.3 Å². The first kappa shape index (κ1) is 15.8. The first-order valence-corrected chi connectivity index (χ1v) is 9.26. The summed E-state index contributed by atoms with van der Waals surface area (Å²) in [6.45, 7) is 4.13. The van der Waals surface area contributed by atoms with E-state index in [2.05, 4.69) is 24.1 Å². The summed E-state index contributed by atoms with van der Waals surface area (Å²) < 4.78 is 24.3. The Labute approximate surface area is 129 Å². The van der Waals surface area contributed by atoms with Gasteiger partial charge in [-0.05, 0) is 26.0 Å². The predicted octanol–water partition coefficient (Wildman–Crippen LogP) is 3.03. The molecule has 0 radical (unpaired) electrons. The molecule has 114 valence electrons. The van der Waals surface area contributed by atoms with Crippen LogP contribution < -0.4 is 9.62 Å². The maximum Gasteiger partial charge on any atom is 0.231 e. The van der Waals surface area contributed by atoms with Gasteiger partial charge in [-0.1, -0.05) is 12.1 Å². The quantitative estimate of drug-likeness (QED) is 0.918. The Bertz CT molecular complexity index is 706. The molecule has 0 atom stereocenters. The lowest BCUT2D eigenvalue weighted by Gasteiger charge is -2.16. The van der Waals surface area contributed by atoms with Gasteiger partial charge in [-0.2, -0.15) is 0 Å². The van der Waals surface area contributed by atoms with Gasteiger partial charge in [-0.3, -0.25) is 4.31 Å². The highest BCUT2D eigenvalue weighted by Gasteiger charge is 2.12. The molecule has 7 heteroatoms.